The average Bonchev–Trinajstić information content (AvgIpc) is 2.48. The van der Waals surface area contributed by atoms with E-state index in [2.05, 4.69) is 4.72 Å². The molecule has 2 rings (SSSR count). The number of hydrogen-bond donors (Lipinski definition) is 1. The van der Waals surface area contributed by atoms with Crippen LogP contribution in [0.3, 0.4) is 0 Å². The molecule has 4 nitrogen and oxygen atoms in total. The van der Waals surface area contributed by atoms with Gasteiger partial charge in [0.2, 0.25) is 5.24 Å². The normalized spacial score (nSPS) is 11.5. The van der Waals surface area contributed by atoms with Gasteiger partial charge in [-0.1, -0.05) is 36.4 Å². The summed E-state index contributed by atoms with van der Waals surface area (Å²) >= 11 is 5.23. The molecule has 22 heavy (non-hydrogen) atoms. The van der Waals surface area contributed by atoms with E-state index >= 15 is 0 Å². The zero-order chi connectivity index (χ0) is 16.2. The molecule has 6 heteroatoms. The molecular formula is C16H14ClNO3S. The fourth-order valence-electron chi connectivity index (χ4n) is 1.84. The van der Waals surface area contributed by atoms with Crippen molar-refractivity contribution in [3.05, 3.63) is 65.7 Å². The van der Waals surface area contributed by atoms with Crippen molar-refractivity contribution in [3.63, 3.8) is 0 Å². The van der Waals surface area contributed by atoms with Crippen molar-refractivity contribution < 1.29 is 13.2 Å². The summed E-state index contributed by atoms with van der Waals surface area (Å²) in [6.45, 7) is 1.82. The van der Waals surface area contributed by atoms with Gasteiger partial charge in [0.25, 0.3) is 10.0 Å². The first-order chi connectivity index (χ1) is 10.4. The maximum absolute atomic E-state index is 12.4. The highest BCUT2D eigenvalue weighted by molar-refractivity contribution is 7.92. The number of nitrogens with one attached hydrogen (secondary N) is 1. The Labute approximate surface area is 134 Å². The lowest BCUT2D eigenvalue weighted by Gasteiger charge is -2.10. The van der Waals surface area contributed by atoms with Crippen molar-refractivity contribution in [1.82, 2.24) is 0 Å². The fourth-order valence-corrected chi connectivity index (χ4v) is 3.09. The van der Waals surface area contributed by atoms with Crippen LogP contribution in [0, 0.1) is 6.92 Å². The standard InChI is InChI=1S/C16H14ClNO3S/c1-12-5-2-3-8-15(12)18-22(20,21)14-7-4-6-13(11-14)9-10-16(17)19/h2-11,18H,1H3. The van der Waals surface area contributed by atoms with Crippen molar-refractivity contribution in [3.8, 4) is 0 Å². The van der Waals surface area contributed by atoms with Crippen LogP contribution in [0.1, 0.15) is 11.1 Å². The minimum absolute atomic E-state index is 0.111. The Balaban J connectivity index is 2.32. The molecule has 0 fully saturated rings. The van der Waals surface area contributed by atoms with Gasteiger partial charge in [0.1, 0.15) is 0 Å². The molecule has 0 atom stereocenters. The van der Waals surface area contributed by atoms with Gasteiger partial charge in [0.15, 0.2) is 0 Å². The van der Waals surface area contributed by atoms with E-state index in [1.54, 1.807) is 24.3 Å². The first-order valence-electron chi connectivity index (χ1n) is 6.44. The zero-order valence-electron chi connectivity index (χ0n) is 11.8. The number of anilines is 1. The summed E-state index contributed by atoms with van der Waals surface area (Å²) in [6, 6.07) is 13.4. The molecule has 0 heterocycles. The van der Waals surface area contributed by atoms with Gasteiger partial charge in [0, 0.05) is 0 Å². The number of carbonyl (C=O) groups excluding carboxylic acids is 1. The largest absolute Gasteiger partial charge is 0.279 e. The monoisotopic (exact) mass is 335 g/mol. The Kier molecular flexibility index (Phi) is 5.00. The van der Waals surface area contributed by atoms with E-state index < -0.39 is 15.3 Å². The lowest BCUT2D eigenvalue weighted by molar-refractivity contribution is -0.107. The zero-order valence-corrected chi connectivity index (χ0v) is 13.4. The minimum atomic E-state index is -3.70. The van der Waals surface area contributed by atoms with Crippen LogP contribution in [0.15, 0.2) is 59.5 Å². The lowest BCUT2D eigenvalue weighted by atomic mass is 10.2. The van der Waals surface area contributed by atoms with Gasteiger partial charge in [-0.15, -0.1) is 0 Å². The van der Waals surface area contributed by atoms with E-state index in [1.165, 1.54) is 24.3 Å². The number of halogens is 1. The van der Waals surface area contributed by atoms with Crippen LogP contribution in [0.2, 0.25) is 0 Å². The molecule has 0 aromatic heterocycles. The number of rotatable bonds is 5. The second-order valence-electron chi connectivity index (χ2n) is 4.63. The SMILES string of the molecule is Cc1ccccc1NS(=O)(=O)c1cccc(C=CC(=O)Cl)c1. The predicted octanol–water partition coefficient (Wildman–Crippen LogP) is 3.57. The molecule has 0 saturated carbocycles. The van der Waals surface area contributed by atoms with E-state index in [1.807, 2.05) is 19.1 Å². The average molecular weight is 336 g/mol. The summed E-state index contributed by atoms with van der Waals surface area (Å²) in [7, 11) is -3.70. The second-order valence-corrected chi connectivity index (χ2v) is 6.69. The molecule has 0 amide bonds. The summed E-state index contributed by atoms with van der Waals surface area (Å²) < 4.78 is 27.4. The van der Waals surface area contributed by atoms with Gasteiger partial charge in [-0.2, -0.15) is 0 Å². The van der Waals surface area contributed by atoms with Crippen LogP contribution in [0.5, 0.6) is 0 Å². The molecule has 0 aliphatic carbocycles. The topological polar surface area (TPSA) is 63.2 Å². The molecule has 0 aliphatic heterocycles. The van der Waals surface area contributed by atoms with Gasteiger partial charge >= 0.3 is 0 Å². The number of allylic oxidation sites excluding steroid dienone is 1. The van der Waals surface area contributed by atoms with Crippen LogP contribution in [0.4, 0.5) is 5.69 Å². The van der Waals surface area contributed by atoms with Gasteiger partial charge < -0.3 is 0 Å². The van der Waals surface area contributed by atoms with Crippen molar-refractivity contribution in [2.24, 2.45) is 0 Å². The predicted molar refractivity (Wildman–Crippen MR) is 88.3 cm³/mol. The maximum Gasteiger partial charge on any atom is 0.261 e. The lowest BCUT2D eigenvalue weighted by Crippen LogP contribution is -2.13. The van der Waals surface area contributed by atoms with E-state index in [9.17, 15) is 13.2 Å². The molecule has 0 unspecified atom stereocenters. The number of benzene rings is 2. The van der Waals surface area contributed by atoms with Crippen molar-refractivity contribution in [2.45, 2.75) is 11.8 Å². The number of para-hydroxylation sites is 1. The molecule has 0 radical (unpaired) electrons. The second kappa shape index (κ2) is 6.77. The summed E-state index contributed by atoms with van der Waals surface area (Å²) in [5, 5.41) is -0.619. The molecule has 0 aliphatic rings. The highest BCUT2D eigenvalue weighted by Gasteiger charge is 2.15. The Morgan fingerprint density at radius 1 is 1.14 bits per heavy atom. The molecular weight excluding hydrogens is 322 g/mol. The van der Waals surface area contributed by atoms with Crippen LogP contribution < -0.4 is 4.72 Å². The molecule has 1 N–H and O–H groups in total. The van der Waals surface area contributed by atoms with Crippen molar-refractivity contribution in [1.29, 1.82) is 0 Å². The highest BCUT2D eigenvalue weighted by atomic mass is 35.5. The third kappa shape index (κ3) is 4.19. The fraction of sp³-hybridized carbons (Fsp3) is 0.0625. The van der Waals surface area contributed by atoms with Gasteiger partial charge in [-0.25, -0.2) is 8.42 Å². The molecule has 0 spiro atoms. The number of hydrogen-bond acceptors (Lipinski definition) is 3. The van der Waals surface area contributed by atoms with Crippen LogP contribution >= 0.6 is 11.6 Å². The van der Waals surface area contributed by atoms with Gasteiger partial charge in [-0.05, 0) is 53.9 Å². The molecule has 2 aromatic rings. The summed E-state index contributed by atoms with van der Waals surface area (Å²) in [6.07, 6.45) is 2.63. The molecule has 0 saturated heterocycles. The van der Waals surface area contributed by atoms with E-state index in [4.69, 9.17) is 11.6 Å². The number of aryl methyl sites for hydroxylation is 1. The van der Waals surface area contributed by atoms with Gasteiger partial charge in [-0.3, -0.25) is 9.52 Å². The van der Waals surface area contributed by atoms with Crippen molar-refractivity contribution >= 4 is 38.6 Å². The molecule has 114 valence electrons. The Hall–Kier alpha value is -2.11. The van der Waals surface area contributed by atoms with Gasteiger partial charge in [0.05, 0.1) is 10.6 Å². The third-order valence-electron chi connectivity index (χ3n) is 2.96. The Morgan fingerprint density at radius 3 is 2.55 bits per heavy atom. The Bertz CT molecular complexity index is 829. The summed E-state index contributed by atoms with van der Waals surface area (Å²) in [5.74, 6) is 0. The van der Waals surface area contributed by atoms with Crippen LogP contribution in [-0.2, 0) is 14.8 Å². The van der Waals surface area contributed by atoms with E-state index in [-0.39, 0.29) is 4.90 Å². The van der Waals surface area contributed by atoms with E-state index in [0.717, 1.165) is 5.56 Å². The highest BCUT2D eigenvalue weighted by Crippen LogP contribution is 2.20. The number of sulfonamides is 1. The maximum atomic E-state index is 12.4. The van der Waals surface area contributed by atoms with Crippen molar-refractivity contribution in [2.75, 3.05) is 4.72 Å². The van der Waals surface area contributed by atoms with Crippen LogP contribution in [-0.4, -0.2) is 13.7 Å². The summed E-state index contributed by atoms with van der Waals surface area (Å²) in [5.41, 5.74) is 1.93. The van der Waals surface area contributed by atoms with E-state index in [0.29, 0.717) is 11.3 Å². The molecule has 0 bridgehead atoms. The molecule has 2 aromatic carbocycles. The first-order valence-corrected chi connectivity index (χ1v) is 8.31. The van der Waals surface area contributed by atoms with Crippen LogP contribution in [0.25, 0.3) is 6.08 Å². The minimum Gasteiger partial charge on any atom is -0.279 e. The Morgan fingerprint density at radius 2 is 1.86 bits per heavy atom. The first kappa shape index (κ1) is 16.3. The number of carbonyl (C=O) groups is 1. The smallest absolute Gasteiger partial charge is 0.261 e. The quantitative estimate of drug-likeness (QED) is 0.671. The third-order valence-corrected chi connectivity index (χ3v) is 4.45. The summed E-state index contributed by atoms with van der Waals surface area (Å²) in [4.78, 5) is 10.8.